The normalized spacial score (nSPS) is 17.9. The van der Waals surface area contributed by atoms with Crippen LogP contribution in [0.3, 0.4) is 0 Å². The number of rotatable bonds is 7. The van der Waals surface area contributed by atoms with Gasteiger partial charge in [0, 0.05) is 38.5 Å². The summed E-state index contributed by atoms with van der Waals surface area (Å²) in [5.41, 5.74) is 1.56. The smallest absolute Gasteiger partial charge is 0.277 e. The van der Waals surface area contributed by atoms with Gasteiger partial charge in [0.15, 0.2) is 0 Å². The molecule has 8 nitrogen and oxygen atoms in total. The first-order chi connectivity index (χ1) is 15.9. The molecule has 4 rings (SSSR count). The van der Waals surface area contributed by atoms with Gasteiger partial charge in [-0.3, -0.25) is 9.36 Å². The maximum atomic E-state index is 13.3. The van der Waals surface area contributed by atoms with Gasteiger partial charge in [-0.25, -0.2) is 9.97 Å². The SMILES string of the molecule is CCO[C@@H]1CN(c2ccccn2)C[C@H]1Nc1c(C)nc(-c2ccc(OC)cc2Cl)n(C)c1=O. The number of hydrogen-bond acceptors (Lipinski definition) is 7. The molecule has 1 aliphatic rings. The van der Waals surface area contributed by atoms with Gasteiger partial charge >= 0.3 is 0 Å². The van der Waals surface area contributed by atoms with Gasteiger partial charge in [0.25, 0.3) is 5.56 Å². The monoisotopic (exact) mass is 469 g/mol. The maximum absolute atomic E-state index is 13.3. The molecule has 1 saturated heterocycles. The summed E-state index contributed by atoms with van der Waals surface area (Å²) in [6.07, 6.45) is 1.69. The van der Waals surface area contributed by atoms with Crippen molar-refractivity contribution >= 4 is 23.1 Å². The van der Waals surface area contributed by atoms with E-state index in [0.717, 1.165) is 5.82 Å². The molecule has 3 aromatic rings. The molecule has 3 heterocycles. The van der Waals surface area contributed by atoms with E-state index in [1.807, 2.05) is 38.1 Å². The quantitative estimate of drug-likeness (QED) is 0.567. The fourth-order valence-electron chi connectivity index (χ4n) is 4.13. The molecule has 1 fully saturated rings. The Morgan fingerprint density at radius 1 is 1.24 bits per heavy atom. The largest absolute Gasteiger partial charge is 0.497 e. The molecule has 0 saturated carbocycles. The minimum Gasteiger partial charge on any atom is -0.497 e. The summed E-state index contributed by atoms with van der Waals surface area (Å²) in [6, 6.07) is 11.1. The molecule has 2 atom stereocenters. The van der Waals surface area contributed by atoms with E-state index in [1.54, 1.807) is 32.5 Å². The van der Waals surface area contributed by atoms with Gasteiger partial charge in [0.2, 0.25) is 0 Å². The molecule has 0 spiro atoms. The van der Waals surface area contributed by atoms with Crippen LogP contribution < -0.4 is 20.5 Å². The summed E-state index contributed by atoms with van der Waals surface area (Å²) in [7, 11) is 3.28. The third-order valence-corrected chi connectivity index (χ3v) is 6.15. The van der Waals surface area contributed by atoms with Crippen molar-refractivity contribution in [3.8, 4) is 17.1 Å². The summed E-state index contributed by atoms with van der Waals surface area (Å²) in [6.45, 7) is 5.74. The van der Waals surface area contributed by atoms with Crippen molar-refractivity contribution in [3.05, 3.63) is 63.7 Å². The summed E-state index contributed by atoms with van der Waals surface area (Å²) in [4.78, 5) is 24.7. The number of aryl methyl sites for hydroxylation is 1. The molecule has 1 N–H and O–H groups in total. The Hall–Kier alpha value is -3.10. The van der Waals surface area contributed by atoms with E-state index in [-0.39, 0.29) is 17.7 Å². The second-order valence-corrected chi connectivity index (χ2v) is 8.35. The van der Waals surface area contributed by atoms with Gasteiger partial charge in [-0.2, -0.15) is 0 Å². The van der Waals surface area contributed by atoms with Crippen LogP contribution >= 0.6 is 11.6 Å². The maximum Gasteiger partial charge on any atom is 0.277 e. The predicted octanol–water partition coefficient (Wildman–Crippen LogP) is 3.52. The lowest BCUT2D eigenvalue weighted by atomic mass is 10.1. The van der Waals surface area contributed by atoms with Crippen LogP contribution in [0.5, 0.6) is 5.75 Å². The number of benzene rings is 1. The van der Waals surface area contributed by atoms with Crippen LogP contribution in [0.2, 0.25) is 5.02 Å². The van der Waals surface area contributed by atoms with Crippen LogP contribution in [0.15, 0.2) is 47.4 Å². The van der Waals surface area contributed by atoms with Crippen LogP contribution in [-0.4, -0.2) is 53.5 Å². The van der Waals surface area contributed by atoms with Crippen LogP contribution in [0.4, 0.5) is 11.5 Å². The highest BCUT2D eigenvalue weighted by Crippen LogP contribution is 2.30. The van der Waals surface area contributed by atoms with E-state index >= 15 is 0 Å². The van der Waals surface area contributed by atoms with Crippen molar-refractivity contribution in [1.82, 2.24) is 14.5 Å². The van der Waals surface area contributed by atoms with Gasteiger partial charge in [-0.1, -0.05) is 17.7 Å². The lowest BCUT2D eigenvalue weighted by molar-refractivity contribution is 0.0720. The number of ether oxygens (including phenoxy) is 2. The fourth-order valence-corrected chi connectivity index (χ4v) is 4.38. The third kappa shape index (κ3) is 4.67. The first-order valence-electron chi connectivity index (χ1n) is 10.9. The molecule has 33 heavy (non-hydrogen) atoms. The average Bonchev–Trinajstić information content (AvgIpc) is 3.22. The Kier molecular flexibility index (Phi) is 6.85. The molecule has 0 amide bonds. The molecule has 9 heteroatoms. The standard InChI is InChI=1S/C24H28ClN5O3/c1-5-33-20-14-30(21-8-6-7-11-26-21)13-19(20)28-22-15(2)27-23(29(3)24(22)31)17-10-9-16(32-4)12-18(17)25/h6-12,19-20,28H,5,13-14H2,1-4H3/t19-,20-/m1/s1. The first kappa shape index (κ1) is 23.1. The number of pyridine rings is 1. The zero-order valence-corrected chi connectivity index (χ0v) is 20.0. The lowest BCUT2D eigenvalue weighted by Gasteiger charge is -2.22. The zero-order valence-electron chi connectivity index (χ0n) is 19.2. The van der Waals surface area contributed by atoms with E-state index in [9.17, 15) is 4.79 Å². The van der Waals surface area contributed by atoms with Crippen molar-refractivity contribution in [1.29, 1.82) is 0 Å². The Labute approximate surface area is 198 Å². The second kappa shape index (κ2) is 9.80. The van der Waals surface area contributed by atoms with E-state index in [1.165, 1.54) is 4.57 Å². The molecule has 1 aromatic carbocycles. The van der Waals surface area contributed by atoms with Crippen LogP contribution in [0, 0.1) is 6.92 Å². The molecular weight excluding hydrogens is 442 g/mol. The van der Waals surface area contributed by atoms with Crippen molar-refractivity contribution in [2.24, 2.45) is 7.05 Å². The Balaban J connectivity index is 1.64. The number of nitrogens with zero attached hydrogens (tertiary/aromatic N) is 4. The highest BCUT2D eigenvalue weighted by Gasteiger charge is 2.35. The van der Waals surface area contributed by atoms with Gasteiger partial charge in [-0.15, -0.1) is 0 Å². The van der Waals surface area contributed by atoms with Gasteiger partial charge < -0.3 is 19.7 Å². The number of anilines is 2. The molecule has 174 valence electrons. The number of halogens is 1. The molecule has 1 aliphatic heterocycles. The number of hydrogen-bond donors (Lipinski definition) is 1. The summed E-state index contributed by atoms with van der Waals surface area (Å²) in [5, 5.41) is 3.89. The number of methoxy groups -OCH3 is 1. The average molecular weight is 470 g/mol. The number of aromatic nitrogens is 3. The Morgan fingerprint density at radius 2 is 2.06 bits per heavy atom. The minimum atomic E-state index is -0.170. The van der Waals surface area contributed by atoms with Crippen LogP contribution in [0.25, 0.3) is 11.4 Å². The van der Waals surface area contributed by atoms with E-state index < -0.39 is 0 Å². The molecular formula is C24H28ClN5O3. The molecule has 0 radical (unpaired) electrons. The van der Waals surface area contributed by atoms with Crippen LogP contribution in [0.1, 0.15) is 12.6 Å². The molecule has 0 unspecified atom stereocenters. The topological polar surface area (TPSA) is 81.5 Å². The lowest BCUT2D eigenvalue weighted by Crippen LogP contribution is -2.38. The predicted molar refractivity (Wildman–Crippen MR) is 130 cm³/mol. The highest BCUT2D eigenvalue weighted by molar-refractivity contribution is 6.33. The summed E-state index contributed by atoms with van der Waals surface area (Å²) >= 11 is 6.45. The molecule has 0 bridgehead atoms. The van der Waals surface area contributed by atoms with E-state index in [0.29, 0.717) is 53.2 Å². The van der Waals surface area contributed by atoms with E-state index in [2.05, 4.69) is 15.2 Å². The Morgan fingerprint density at radius 3 is 2.73 bits per heavy atom. The number of nitrogens with one attached hydrogen (secondary N) is 1. The van der Waals surface area contributed by atoms with Gasteiger partial charge in [-0.05, 0) is 44.2 Å². The van der Waals surface area contributed by atoms with Crippen molar-refractivity contribution in [3.63, 3.8) is 0 Å². The highest BCUT2D eigenvalue weighted by atomic mass is 35.5. The van der Waals surface area contributed by atoms with Gasteiger partial charge in [0.1, 0.15) is 23.1 Å². The second-order valence-electron chi connectivity index (χ2n) is 7.94. The third-order valence-electron chi connectivity index (χ3n) is 5.84. The molecule has 2 aromatic heterocycles. The van der Waals surface area contributed by atoms with Crippen molar-refractivity contribution < 1.29 is 9.47 Å². The van der Waals surface area contributed by atoms with E-state index in [4.69, 9.17) is 26.1 Å². The molecule has 0 aliphatic carbocycles. The fraction of sp³-hybridized carbons (Fsp3) is 0.375. The van der Waals surface area contributed by atoms with Crippen molar-refractivity contribution in [2.75, 3.05) is 37.0 Å². The van der Waals surface area contributed by atoms with Crippen molar-refractivity contribution in [2.45, 2.75) is 26.0 Å². The zero-order chi connectivity index (χ0) is 23.5. The first-order valence-corrected chi connectivity index (χ1v) is 11.3. The summed E-state index contributed by atoms with van der Waals surface area (Å²) < 4.78 is 12.7. The summed E-state index contributed by atoms with van der Waals surface area (Å²) in [5.74, 6) is 2.03. The van der Waals surface area contributed by atoms with Crippen LogP contribution in [-0.2, 0) is 11.8 Å². The Bertz CT molecular complexity index is 1180. The minimum absolute atomic E-state index is 0.0863. The van der Waals surface area contributed by atoms with Gasteiger partial charge in [0.05, 0.1) is 30.0 Å².